The van der Waals surface area contributed by atoms with Crippen LogP contribution in [0.5, 0.6) is 0 Å². The number of hydrogen-bond acceptors (Lipinski definition) is 3. The molecule has 1 aromatic rings. The topological polar surface area (TPSA) is 64.7 Å². The highest BCUT2D eigenvalue weighted by atomic mass is 16.2. The van der Waals surface area contributed by atoms with E-state index in [0.717, 1.165) is 37.3 Å². The molecule has 3 heterocycles. The van der Waals surface area contributed by atoms with Gasteiger partial charge in [0.15, 0.2) is 0 Å². The molecule has 3 aliphatic heterocycles. The lowest BCUT2D eigenvalue weighted by Crippen LogP contribution is -2.39. The van der Waals surface area contributed by atoms with Gasteiger partial charge in [0, 0.05) is 50.0 Å². The molecular weight excluding hydrogens is 292 g/mol. The Labute approximate surface area is 135 Å². The van der Waals surface area contributed by atoms with Crippen LogP contribution < -0.4 is 15.5 Å². The number of aryl methyl sites for hydroxylation is 1. The first-order valence-electron chi connectivity index (χ1n) is 8.33. The summed E-state index contributed by atoms with van der Waals surface area (Å²) in [7, 11) is 0. The number of carbonyl (C=O) groups is 2. The fourth-order valence-corrected chi connectivity index (χ4v) is 4.00. The molecule has 6 nitrogen and oxygen atoms in total. The Balaban J connectivity index is 1.61. The van der Waals surface area contributed by atoms with Crippen LogP contribution in [0.1, 0.15) is 22.3 Å². The van der Waals surface area contributed by atoms with Crippen LogP contribution >= 0.6 is 0 Å². The Bertz CT molecular complexity index is 660. The third-order valence-corrected chi connectivity index (χ3v) is 5.31. The number of rotatable bonds is 2. The van der Waals surface area contributed by atoms with Gasteiger partial charge in [-0.1, -0.05) is 6.07 Å². The van der Waals surface area contributed by atoms with E-state index in [1.807, 2.05) is 30.0 Å². The number of fused-ring (bicyclic) bond motifs is 1. The van der Waals surface area contributed by atoms with Crippen molar-refractivity contribution >= 4 is 17.6 Å². The molecule has 0 aromatic heterocycles. The predicted octanol–water partition coefficient (Wildman–Crippen LogP) is 0.959. The van der Waals surface area contributed by atoms with Gasteiger partial charge in [-0.3, -0.25) is 9.69 Å². The smallest absolute Gasteiger partial charge is 0.322 e. The minimum absolute atomic E-state index is 0.0843. The maximum atomic E-state index is 12.9. The zero-order chi connectivity index (χ0) is 16.0. The molecule has 6 heteroatoms. The summed E-state index contributed by atoms with van der Waals surface area (Å²) in [6.07, 6.45) is 1.08. The van der Waals surface area contributed by atoms with E-state index >= 15 is 0 Å². The van der Waals surface area contributed by atoms with E-state index in [0.29, 0.717) is 30.6 Å². The molecule has 2 N–H and O–H groups in total. The third-order valence-electron chi connectivity index (χ3n) is 5.31. The average Bonchev–Trinajstić information content (AvgIpc) is 3.23. The largest absolute Gasteiger partial charge is 0.336 e. The highest BCUT2D eigenvalue weighted by Crippen LogP contribution is 2.30. The molecule has 122 valence electrons. The Morgan fingerprint density at radius 3 is 2.91 bits per heavy atom. The summed E-state index contributed by atoms with van der Waals surface area (Å²) in [5.74, 6) is 0.676. The lowest BCUT2D eigenvalue weighted by atomic mass is 10.0. The van der Waals surface area contributed by atoms with Crippen molar-refractivity contribution in [2.24, 2.45) is 5.92 Å². The van der Waals surface area contributed by atoms with E-state index in [4.69, 9.17) is 0 Å². The first-order chi connectivity index (χ1) is 11.1. The first-order valence-corrected chi connectivity index (χ1v) is 8.33. The number of hydrogen-bond donors (Lipinski definition) is 2. The summed E-state index contributed by atoms with van der Waals surface area (Å²) in [6, 6.07) is 5.93. The van der Waals surface area contributed by atoms with Crippen molar-refractivity contribution in [3.8, 4) is 0 Å². The first kappa shape index (κ1) is 14.5. The minimum atomic E-state index is -0.0843. The third kappa shape index (κ3) is 2.37. The quantitative estimate of drug-likeness (QED) is 0.854. The summed E-state index contributed by atoms with van der Waals surface area (Å²) >= 11 is 0. The molecule has 3 aliphatic rings. The summed E-state index contributed by atoms with van der Waals surface area (Å²) < 4.78 is 0. The van der Waals surface area contributed by atoms with Crippen LogP contribution in [0.15, 0.2) is 18.2 Å². The zero-order valence-corrected chi connectivity index (χ0v) is 13.3. The van der Waals surface area contributed by atoms with Crippen LogP contribution in [0, 0.1) is 12.8 Å². The SMILES string of the molecule is Cc1ccc(C(=O)N2CC[C@@H]3CNC[C@@H]32)cc1N1CCNC1=O. The molecule has 0 spiro atoms. The zero-order valence-electron chi connectivity index (χ0n) is 13.3. The molecular formula is C17H22N4O2. The summed E-state index contributed by atoms with van der Waals surface area (Å²) in [6.45, 7) is 6.02. The number of urea groups is 1. The normalized spacial score (nSPS) is 26.6. The van der Waals surface area contributed by atoms with Crippen LogP contribution in [0.3, 0.4) is 0 Å². The van der Waals surface area contributed by atoms with Gasteiger partial charge in [-0.2, -0.15) is 0 Å². The minimum Gasteiger partial charge on any atom is -0.336 e. The maximum Gasteiger partial charge on any atom is 0.322 e. The number of anilines is 1. The van der Waals surface area contributed by atoms with Crippen molar-refractivity contribution in [1.82, 2.24) is 15.5 Å². The van der Waals surface area contributed by atoms with Gasteiger partial charge in [-0.05, 0) is 37.0 Å². The number of benzene rings is 1. The van der Waals surface area contributed by atoms with Crippen molar-refractivity contribution in [1.29, 1.82) is 0 Å². The molecule has 0 unspecified atom stereocenters. The molecule has 2 atom stereocenters. The monoisotopic (exact) mass is 314 g/mol. The predicted molar refractivity (Wildman–Crippen MR) is 87.7 cm³/mol. The second kappa shape index (κ2) is 5.53. The highest BCUT2D eigenvalue weighted by molar-refractivity contribution is 5.99. The number of amides is 3. The van der Waals surface area contributed by atoms with Crippen molar-refractivity contribution in [3.63, 3.8) is 0 Å². The summed E-state index contributed by atoms with van der Waals surface area (Å²) in [4.78, 5) is 28.6. The number of carbonyl (C=O) groups excluding carboxylic acids is 2. The maximum absolute atomic E-state index is 12.9. The fraction of sp³-hybridized carbons (Fsp3) is 0.529. The van der Waals surface area contributed by atoms with Gasteiger partial charge < -0.3 is 15.5 Å². The second-order valence-corrected chi connectivity index (χ2v) is 6.66. The molecule has 23 heavy (non-hydrogen) atoms. The van der Waals surface area contributed by atoms with E-state index in [2.05, 4.69) is 10.6 Å². The second-order valence-electron chi connectivity index (χ2n) is 6.66. The molecule has 3 saturated heterocycles. The van der Waals surface area contributed by atoms with Crippen molar-refractivity contribution in [2.45, 2.75) is 19.4 Å². The molecule has 0 radical (unpaired) electrons. The van der Waals surface area contributed by atoms with E-state index in [1.54, 1.807) is 4.90 Å². The molecule has 3 fully saturated rings. The standard InChI is InChI=1S/C17H22N4O2/c1-11-2-3-12(8-14(11)21-7-5-19-17(21)23)16(22)20-6-4-13-9-18-10-15(13)20/h2-3,8,13,15,18H,4-7,9-10H2,1H3,(H,19,23)/t13-,15+/m1/s1. The van der Waals surface area contributed by atoms with Crippen molar-refractivity contribution in [2.75, 3.05) is 37.6 Å². The van der Waals surface area contributed by atoms with Gasteiger partial charge in [-0.25, -0.2) is 4.79 Å². The fourth-order valence-electron chi connectivity index (χ4n) is 4.00. The van der Waals surface area contributed by atoms with Crippen molar-refractivity contribution < 1.29 is 9.59 Å². The van der Waals surface area contributed by atoms with Crippen LogP contribution in [-0.2, 0) is 0 Å². The van der Waals surface area contributed by atoms with Gasteiger partial charge in [0.05, 0.1) is 0 Å². The summed E-state index contributed by atoms with van der Waals surface area (Å²) in [5.41, 5.74) is 2.53. The van der Waals surface area contributed by atoms with Gasteiger partial charge in [0.2, 0.25) is 0 Å². The lowest BCUT2D eigenvalue weighted by molar-refractivity contribution is 0.0737. The average molecular weight is 314 g/mol. The van der Waals surface area contributed by atoms with Crippen molar-refractivity contribution in [3.05, 3.63) is 29.3 Å². The molecule has 1 aromatic carbocycles. The van der Waals surface area contributed by atoms with Gasteiger partial charge in [-0.15, -0.1) is 0 Å². The molecule has 0 saturated carbocycles. The number of likely N-dealkylation sites (tertiary alicyclic amines) is 1. The lowest BCUT2D eigenvalue weighted by Gasteiger charge is -2.24. The van der Waals surface area contributed by atoms with Gasteiger partial charge in [0.25, 0.3) is 5.91 Å². The molecule has 4 rings (SSSR count). The van der Waals surface area contributed by atoms with Crippen LogP contribution in [-0.4, -0.2) is 55.6 Å². The van der Waals surface area contributed by atoms with Crippen LogP contribution in [0.25, 0.3) is 0 Å². The van der Waals surface area contributed by atoms with Crippen LogP contribution in [0.2, 0.25) is 0 Å². The van der Waals surface area contributed by atoms with E-state index in [9.17, 15) is 9.59 Å². The summed E-state index contributed by atoms with van der Waals surface area (Å²) in [5, 5.41) is 6.19. The van der Waals surface area contributed by atoms with Gasteiger partial charge >= 0.3 is 6.03 Å². The van der Waals surface area contributed by atoms with E-state index in [1.165, 1.54) is 0 Å². The molecule has 3 amide bonds. The Kier molecular flexibility index (Phi) is 3.49. The Morgan fingerprint density at radius 1 is 1.26 bits per heavy atom. The Hall–Kier alpha value is -2.08. The van der Waals surface area contributed by atoms with Crippen LogP contribution in [0.4, 0.5) is 10.5 Å². The van der Waals surface area contributed by atoms with E-state index in [-0.39, 0.29) is 11.9 Å². The van der Waals surface area contributed by atoms with E-state index < -0.39 is 0 Å². The highest BCUT2D eigenvalue weighted by Gasteiger charge is 2.40. The molecule has 0 bridgehead atoms. The van der Waals surface area contributed by atoms with Gasteiger partial charge in [0.1, 0.15) is 0 Å². The Morgan fingerprint density at radius 2 is 2.13 bits per heavy atom. The number of nitrogens with one attached hydrogen (secondary N) is 2. The number of nitrogens with zero attached hydrogens (tertiary/aromatic N) is 2. The molecule has 0 aliphatic carbocycles.